The van der Waals surface area contributed by atoms with Crippen molar-refractivity contribution in [3.63, 3.8) is 0 Å². The van der Waals surface area contributed by atoms with Gasteiger partial charge in [-0.3, -0.25) is 4.79 Å². The smallest absolute Gasteiger partial charge is 0.344 e. The lowest BCUT2D eigenvalue weighted by Gasteiger charge is -2.14. The van der Waals surface area contributed by atoms with Crippen molar-refractivity contribution < 1.29 is 23.5 Å². The monoisotopic (exact) mass is 331 g/mol. The maximum Gasteiger partial charge on any atom is 0.344 e. The maximum absolute atomic E-state index is 13.4. The number of carbonyl (C=O) groups is 2. The van der Waals surface area contributed by atoms with Gasteiger partial charge in [0, 0.05) is 5.69 Å². The van der Waals surface area contributed by atoms with Gasteiger partial charge in [-0.1, -0.05) is 24.3 Å². The van der Waals surface area contributed by atoms with Crippen molar-refractivity contribution in [3.8, 4) is 5.75 Å². The highest BCUT2D eigenvalue weighted by molar-refractivity contribution is 5.95. The summed E-state index contributed by atoms with van der Waals surface area (Å²) in [6, 6.07) is 13.0. The molecule has 0 spiro atoms. The number of aryl methyl sites for hydroxylation is 1. The van der Waals surface area contributed by atoms with E-state index in [1.807, 2.05) is 19.1 Å². The summed E-state index contributed by atoms with van der Waals surface area (Å²) in [4.78, 5) is 23.7. The molecular weight excluding hydrogens is 313 g/mol. The number of nitrogens with one attached hydrogen (secondary N) is 1. The topological polar surface area (TPSA) is 64.6 Å². The van der Waals surface area contributed by atoms with Crippen molar-refractivity contribution in [1.82, 2.24) is 0 Å². The SMILES string of the molecule is Cc1cccc(NC(=O)[C@H](C)OC(=O)COc2ccccc2F)c1. The van der Waals surface area contributed by atoms with Crippen molar-refractivity contribution in [2.24, 2.45) is 0 Å². The Balaban J connectivity index is 1.82. The summed E-state index contributed by atoms with van der Waals surface area (Å²) in [5, 5.41) is 2.65. The molecule has 0 fully saturated rings. The number of para-hydroxylation sites is 1. The minimum atomic E-state index is -0.998. The second-order valence-electron chi connectivity index (χ2n) is 5.21. The van der Waals surface area contributed by atoms with E-state index in [1.165, 1.54) is 25.1 Å². The molecule has 2 rings (SSSR count). The number of rotatable bonds is 6. The van der Waals surface area contributed by atoms with Crippen LogP contribution in [0.1, 0.15) is 12.5 Å². The molecule has 24 heavy (non-hydrogen) atoms. The number of halogens is 1. The first-order valence-corrected chi connectivity index (χ1v) is 7.40. The van der Waals surface area contributed by atoms with Gasteiger partial charge in [0.15, 0.2) is 24.3 Å². The molecule has 0 unspecified atom stereocenters. The standard InChI is InChI=1S/C18H18FNO4/c1-12-6-5-7-14(10-12)20-18(22)13(2)24-17(21)11-23-16-9-4-3-8-15(16)19/h3-10,13H,11H2,1-2H3,(H,20,22)/t13-/m0/s1. The van der Waals surface area contributed by atoms with Gasteiger partial charge in [0.1, 0.15) is 0 Å². The van der Waals surface area contributed by atoms with Crippen LogP contribution >= 0.6 is 0 Å². The molecular formula is C18H18FNO4. The highest BCUT2D eigenvalue weighted by Crippen LogP contribution is 2.15. The lowest BCUT2D eigenvalue weighted by Crippen LogP contribution is -2.31. The van der Waals surface area contributed by atoms with Gasteiger partial charge in [0.05, 0.1) is 0 Å². The third-order valence-corrected chi connectivity index (χ3v) is 3.15. The van der Waals surface area contributed by atoms with Gasteiger partial charge in [-0.25, -0.2) is 9.18 Å². The third kappa shape index (κ3) is 5.08. The minimum absolute atomic E-state index is 0.0497. The van der Waals surface area contributed by atoms with Crippen molar-refractivity contribution in [2.75, 3.05) is 11.9 Å². The van der Waals surface area contributed by atoms with Crippen LogP contribution in [0.4, 0.5) is 10.1 Å². The van der Waals surface area contributed by atoms with Crippen LogP contribution in [0.3, 0.4) is 0 Å². The molecule has 1 amide bonds. The van der Waals surface area contributed by atoms with Crippen LogP contribution in [0, 0.1) is 12.7 Å². The highest BCUT2D eigenvalue weighted by atomic mass is 19.1. The van der Waals surface area contributed by atoms with E-state index >= 15 is 0 Å². The van der Waals surface area contributed by atoms with Crippen molar-refractivity contribution in [1.29, 1.82) is 0 Å². The average molecular weight is 331 g/mol. The van der Waals surface area contributed by atoms with Gasteiger partial charge >= 0.3 is 5.97 Å². The van der Waals surface area contributed by atoms with E-state index in [4.69, 9.17) is 9.47 Å². The number of hydrogen-bond donors (Lipinski definition) is 1. The van der Waals surface area contributed by atoms with E-state index < -0.39 is 30.4 Å². The summed E-state index contributed by atoms with van der Waals surface area (Å²) in [5.74, 6) is -1.84. The Kier molecular flexibility index (Phi) is 5.89. The number of hydrogen-bond acceptors (Lipinski definition) is 4. The van der Waals surface area contributed by atoms with Gasteiger partial charge in [-0.05, 0) is 43.7 Å². The Hall–Kier alpha value is -2.89. The molecule has 0 saturated heterocycles. The number of amides is 1. The lowest BCUT2D eigenvalue weighted by atomic mass is 10.2. The fourth-order valence-corrected chi connectivity index (χ4v) is 1.95. The normalized spacial score (nSPS) is 11.5. The van der Waals surface area contributed by atoms with Crippen LogP contribution in [0.15, 0.2) is 48.5 Å². The Morgan fingerprint density at radius 3 is 2.62 bits per heavy atom. The third-order valence-electron chi connectivity index (χ3n) is 3.15. The second-order valence-corrected chi connectivity index (χ2v) is 5.21. The highest BCUT2D eigenvalue weighted by Gasteiger charge is 2.18. The van der Waals surface area contributed by atoms with Gasteiger partial charge < -0.3 is 14.8 Å². The Morgan fingerprint density at radius 2 is 1.92 bits per heavy atom. The summed E-state index contributed by atoms with van der Waals surface area (Å²) in [7, 11) is 0. The molecule has 0 radical (unpaired) electrons. The Morgan fingerprint density at radius 1 is 1.17 bits per heavy atom. The summed E-state index contributed by atoms with van der Waals surface area (Å²) < 4.78 is 23.4. The largest absolute Gasteiger partial charge is 0.479 e. The predicted molar refractivity (Wildman–Crippen MR) is 87.3 cm³/mol. The van der Waals surface area contributed by atoms with Crippen molar-refractivity contribution >= 4 is 17.6 Å². The summed E-state index contributed by atoms with van der Waals surface area (Å²) in [5.41, 5.74) is 1.61. The van der Waals surface area contributed by atoms with Crippen LogP contribution in [0.5, 0.6) is 5.75 Å². The average Bonchev–Trinajstić information content (AvgIpc) is 2.54. The van der Waals surface area contributed by atoms with Crippen LogP contribution in [-0.4, -0.2) is 24.6 Å². The first-order valence-electron chi connectivity index (χ1n) is 7.40. The summed E-state index contributed by atoms with van der Waals surface area (Å²) in [6.45, 7) is 2.87. The number of anilines is 1. The molecule has 0 saturated carbocycles. The fraction of sp³-hybridized carbons (Fsp3) is 0.222. The minimum Gasteiger partial charge on any atom is -0.479 e. The van der Waals surface area contributed by atoms with Crippen molar-refractivity contribution in [2.45, 2.75) is 20.0 Å². The van der Waals surface area contributed by atoms with Gasteiger partial charge in [-0.15, -0.1) is 0 Å². The molecule has 0 bridgehead atoms. The van der Waals surface area contributed by atoms with Crippen LogP contribution < -0.4 is 10.1 Å². The second kappa shape index (κ2) is 8.10. The zero-order valence-electron chi connectivity index (χ0n) is 13.4. The maximum atomic E-state index is 13.4. The molecule has 0 heterocycles. The van der Waals surface area contributed by atoms with E-state index in [1.54, 1.807) is 18.2 Å². The number of esters is 1. The fourth-order valence-electron chi connectivity index (χ4n) is 1.95. The van der Waals surface area contributed by atoms with Crippen LogP contribution in [-0.2, 0) is 14.3 Å². The molecule has 0 aliphatic heterocycles. The molecule has 0 aliphatic carbocycles. The van der Waals surface area contributed by atoms with Gasteiger partial charge in [0.25, 0.3) is 5.91 Å². The molecule has 0 aliphatic rings. The van der Waals surface area contributed by atoms with E-state index in [9.17, 15) is 14.0 Å². The van der Waals surface area contributed by atoms with Crippen LogP contribution in [0.25, 0.3) is 0 Å². The van der Waals surface area contributed by atoms with Crippen molar-refractivity contribution in [3.05, 3.63) is 59.9 Å². The molecule has 2 aromatic carbocycles. The summed E-state index contributed by atoms with van der Waals surface area (Å²) in [6.07, 6.45) is -0.998. The van der Waals surface area contributed by atoms with Gasteiger partial charge in [-0.2, -0.15) is 0 Å². The molecule has 126 valence electrons. The Labute approximate surface area is 139 Å². The molecule has 6 heteroatoms. The van der Waals surface area contributed by atoms with E-state index in [0.29, 0.717) is 5.69 Å². The number of carbonyl (C=O) groups excluding carboxylic acids is 2. The van der Waals surface area contributed by atoms with Gasteiger partial charge in [0.2, 0.25) is 0 Å². The van der Waals surface area contributed by atoms with Crippen LogP contribution in [0.2, 0.25) is 0 Å². The molecule has 2 aromatic rings. The zero-order valence-corrected chi connectivity index (χ0v) is 13.4. The first kappa shape index (κ1) is 17.5. The van der Waals surface area contributed by atoms with E-state index in [-0.39, 0.29) is 5.75 Å². The molecule has 0 aromatic heterocycles. The predicted octanol–water partition coefficient (Wildman–Crippen LogP) is 3.08. The number of ether oxygens (including phenoxy) is 2. The quantitative estimate of drug-likeness (QED) is 0.826. The van der Waals surface area contributed by atoms with E-state index in [2.05, 4.69) is 5.32 Å². The lowest BCUT2D eigenvalue weighted by molar-refractivity contribution is -0.155. The summed E-state index contributed by atoms with van der Waals surface area (Å²) >= 11 is 0. The Bertz CT molecular complexity index is 732. The van der Waals surface area contributed by atoms with E-state index in [0.717, 1.165) is 5.56 Å². The first-order chi connectivity index (χ1) is 11.5. The molecule has 5 nitrogen and oxygen atoms in total. The molecule has 1 N–H and O–H groups in total. The zero-order chi connectivity index (χ0) is 17.5. The number of benzene rings is 2. The molecule has 1 atom stereocenters.